The fraction of sp³-hybridized carbons (Fsp3) is 0.143. The van der Waals surface area contributed by atoms with Gasteiger partial charge in [0.25, 0.3) is 0 Å². The van der Waals surface area contributed by atoms with Gasteiger partial charge in [-0.25, -0.2) is 4.98 Å². The highest BCUT2D eigenvalue weighted by atomic mass is 32.1. The van der Waals surface area contributed by atoms with Crippen molar-refractivity contribution in [2.75, 3.05) is 21.3 Å². The first kappa shape index (κ1) is 18.5. The summed E-state index contributed by atoms with van der Waals surface area (Å²) in [5.74, 6) is 1.57. The molecule has 0 bridgehead atoms. The number of nitrogens with zero attached hydrogens (tertiary/aromatic N) is 2. The Balaban J connectivity index is 2.00. The fourth-order valence-corrected chi connectivity index (χ4v) is 3.43. The maximum atomic E-state index is 9.64. The molecule has 0 amide bonds. The summed E-state index contributed by atoms with van der Waals surface area (Å²) in [5.41, 5.74) is 3.10. The molecular weight excluding hydrogens is 360 g/mol. The van der Waals surface area contributed by atoms with Crippen LogP contribution in [-0.4, -0.2) is 26.3 Å². The van der Waals surface area contributed by atoms with Gasteiger partial charge in [-0.15, -0.1) is 11.3 Å². The van der Waals surface area contributed by atoms with E-state index in [0.29, 0.717) is 27.8 Å². The minimum Gasteiger partial charge on any atom is -0.493 e. The zero-order valence-corrected chi connectivity index (χ0v) is 16.0. The van der Waals surface area contributed by atoms with Gasteiger partial charge in [-0.3, -0.25) is 0 Å². The maximum Gasteiger partial charge on any atom is 0.203 e. The number of benzene rings is 2. The van der Waals surface area contributed by atoms with E-state index in [-0.39, 0.29) is 0 Å². The first-order chi connectivity index (χ1) is 13.2. The molecule has 0 fully saturated rings. The van der Waals surface area contributed by atoms with Crippen LogP contribution in [0.15, 0.2) is 47.8 Å². The standard InChI is InChI=1S/C21H18N2O3S/c1-24-18-10-14(11-19(25-2)20(18)26-3)9-16(12-22)21-23-17(13-27-21)15-7-5-4-6-8-15/h4-11,13H,1-3H3. The van der Waals surface area contributed by atoms with E-state index in [1.165, 1.54) is 11.3 Å². The van der Waals surface area contributed by atoms with Gasteiger partial charge in [0.2, 0.25) is 5.75 Å². The van der Waals surface area contributed by atoms with Gasteiger partial charge in [0.05, 0.1) is 32.6 Å². The molecule has 136 valence electrons. The Morgan fingerprint density at radius 3 is 2.26 bits per heavy atom. The summed E-state index contributed by atoms with van der Waals surface area (Å²) in [6.07, 6.45) is 1.76. The van der Waals surface area contributed by atoms with Crippen LogP contribution in [0.4, 0.5) is 0 Å². The Morgan fingerprint density at radius 1 is 1.04 bits per heavy atom. The Hall–Kier alpha value is -3.30. The topological polar surface area (TPSA) is 64.4 Å². The zero-order chi connectivity index (χ0) is 19.2. The van der Waals surface area contributed by atoms with Crippen LogP contribution >= 0.6 is 11.3 Å². The number of thiazole rings is 1. The van der Waals surface area contributed by atoms with Crippen LogP contribution in [0.25, 0.3) is 22.9 Å². The molecule has 0 saturated heterocycles. The van der Waals surface area contributed by atoms with Crippen molar-refractivity contribution in [3.63, 3.8) is 0 Å². The van der Waals surface area contributed by atoms with Crippen LogP contribution in [-0.2, 0) is 0 Å². The molecule has 27 heavy (non-hydrogen) atoms. The second kappa shape index (κ2) is 8.39. The van der Waals surface area contributed by atoms with Crippen molar-refractivity contribution in [3.05, 3.63) is 58.4 Å². The molecular formula is C21H18N2O3S. The number of ether oxygens (including phenoxy) is 3. The van der Waals surface area contributed by atoms with Gasteiger partial charge in [-0.05, 0) is 23.8 Å². The van der Waals surface area contributed by atoms with Crippen LogP contribution in [0, 0.1) is 11.3 Å². The highest BCUT2D eigenvalue weighted by Crippen LogP contribution is 2.39. The zero-order valence-electron chi connectivity index (χ0n) is 15.2. The quantitative estimate of drug-likeness (QED) is 0.571. The lowest BCUT2D eigenvalue weighted by Gasteiger charge is -2.13. The van der Waals surface area contributed by atoms with E-state index in [4.69, 9.17) is 14.2 Å². The van der Waals surface area contributed by atoms with E-state index in [1.54, 1.807) is 39.5 Å². The predicted octanol–water partition coefficient (Wildman–Crippen LogP) is 4.90. The van der Waals surface area contributed by atoms with Gasteiger partial charge in [-0.2, -0.15) is 5.26 Å². The molecule has 3 rings (SSSR count). The normalized spacial score (nSPS) is 11.0. The highest BCUT2D eigenvalue weighted by Gasteiger charge is 2.14. The highest BCUT2D eigenvalue weighted by molar-refractivity contribution is 7.11. The average Bonchev–Trinajstić information content (AvgIpc) is 3.21. The third kappa shape index (κ3) is 3.94. The van der Waals surface area contributed by atoms with Crippen LogP contribution in [0.2, 0.25) is 0 Å². The second-order valence-corrected chi connectivity index (χ2v) is 6.39. The number of hydrogen-bond acceptors (Lipinski definition) is 6. The van der Waals surface area contributed by atoms with Crippen molar-refractivity contribution in [2.24, 2.45) is 0 Å². The predicted molar refractivity (Wildman–Crippen MR) is 107 cm³/mol. The van der Waals surface area contributed by atoms with Crippen LogP contribution in [0.5, 0.6) is 17.2 Å². The second-order valence-electron chi connectivity index (χ2n) is 5.53. The molecule has 1 aromatic heterocycles. The third-order valence-electron chi connectivity index (χ3n) is 3.92. The molecule has 0 aliphatic rings. The Morgan fingerprint density at radius 2 is 1.70 bits per heavy atom. The maximum absolute atomic E-state index is 9.64. The molecule has 0 unspecified atom stereocenters. The number of hydrogen-bond donors (Lipinski definition) is 0. The smallest absolute Gasteiger partial charge is 0.203 e. The van der Waals surface area contributed by atoms with Crippen LogP contribution < -0.4 is 14.2 Å². The van der Waals surface area contributed by atoms with Crippen molar-refractivity contribution in [3.8, 4) is 34.6 Å². The summed E-state index contributed by atoms with van der Waals surface area (Å²) in [6.45, 7) is 0. The van der Waals surface area contributed by atoms with Crippen molar-refractivity contribution in [2.45, 2.75) is 0 Å². The molecule has 5 nitrogen and oxygen atoms in total. The van der Waals surface area contributed by atoms with Crippen molar-refractivity contribution in [1.29, 1.82) is 5.26 Å². The average molecular weight is 378 g/mol. The monoisotopic (exact) mass is 378 g/mol. The summed E-state index contributed by atoms with van der Waals surface area (Å²) in [5, 5.41) is 12.2. The van der Waals surface area contributed by atoms with E-state index in [0.717, 1.165) is 16.8 Å². The molecule has 0 aliphatic heterocycles. The van der Waals surface area contributed by atoms with Gasteiger partial charge in [0.1, 0.15) is 11.1 Å². The lowest BCUT2D eigenvalue weighted by atomic mass is 10.1. The van der Waals surface area contributed by atoms with Gasteiger partial charge < -0.3 is 14.2 Å². The largest absolute Gasteiger partial charge is 0.493 e. The van der Waals surface area contributed by atoms with Crippen LogP contribution in [0.1, 0.15) is 10.6 Å². The number of nitriles is 1. The van der Waals surface area contributed by atoms with Gasteiger partial charge in [0.15, 0.2) is 11.5 Å². The van der Waals surface area contributed by atoms with Crippen LogP contribution in [0.3, 0.4) is 0 Å². The van der Waals surface area contributed by atoms with E-state index < -0.39 is 0 Å². The number of rotatable bonds is 6. The first-order valence-electron chi connectivity index (χ1n) is 8.13. The van der Waals surface area contributed by atoms with Gasteiger partial charge in [-0.1, -0.05) is 30.3 Å². The van der Waals surface area contributed by atoms with E-state index >= 15 is 0 Å². The Bertz CT molecular complexity index is 979. The minimum atomic E-state index is 0.469. The van der Waals surface area contributed by atoms with E-state index in [1.807, 2.05) is 35.7 Å². The van der Waals surface area contributed by atoms with E-state index in [2.05, 4.69) is 11.1 Å². The molecule has 6 heteroatoms. The SMILES string of the molecule is COc1cc(C=C(C#N)c2nc(-c3ccccc3)cs2)cc(OC)c1OC. The Labute approximate surface area is 162 Å². The minimum absolute atomic E-state index is 0.469. The molecule has 0 spiro atoms. The summed E-state index contributed by atoms with van der Waals surface area (Å²) in [6, 6.07) is 15.7. The molecule has 1 heterocycles. The summed E-state index contributed by atoms with van der Waals surface area (Å²) in [4.78, 5) is 4.61. The van der Waals surface area contributed by atoms with Crippen molar-refractivity contribution < 1.29 is 14.2 Å². The number of aromatic nitrogens is 1. The molecule has 2 aromatic carbocycles. The van der Waals surface area contributed by atoms with Crippen molar-refractivity contribution in [1.82, 2.24) is 4.98 Å². The Kier molecular flexibility index (Phi) is 5.74. The first-order valence-corrected chi connectivity index (χ1v) is 9.01. The molecule has 0 N–H and O–H groups in total. The molecule has 0 saturated carbocycles. The summed E-state index contributed by atoms with van der Waals surface area (Å²) < 4.78 is 16.1. The molecule has 0 aliphatic carbocycles. The number of allylic oxidation sites excluding steroid dienone is 1. The van der Waals surface area contributed by atoms with E-state index in [9.17, 15) is 5.26 Å². The summed E-state index contributed by atoms with van der Waals surface area (Å²) >= 11 is 1.43. The fourth-order valence-electron chi connectivity index (χ4n) is 2.63. The molecule has 0 atom stereocenters. The van der Waals surface area contributed by atoms with Gasteiger partial charge >= 0.3 is 0 Å². The third-order valence-corrected chi connectivity index (χ3v) is 4.80. The lowest BCUT2D eigenvalue weighted by Crippen LogP contribution is -1.95. The lowest BCUT2D eigenvalue weighted by molar-refractivity contribution is 0.324. The molecule has 3 aromatic rings. The number of methoxy groups -OCH3 is 3. The molecule has 0 radical (unpaired) electrons. The van der Waals surface area contributed by atoms with Crippen molar-refractivity contribution >= 4 is 23.0 Å². The summed E-state index contributed by atoms with van der Waals surface area (Å²) in [7, 11) is 4.67. The van der Waals surface area contributed by atoms with Gasteiger partial charge in [0, 0.05) is 10.9 Å².